The molecule has 2 atom stereocenters. The quantitative estimate of drug-likeness (QED) is 0.685. The van der Waals surface area contributed by atoms with Crippen molar-refractivity contribution >= 4 is 0 Å². The predicted octanol–water partition coefficient (Wildman–Crippen LogP) is 3.84. The molecule has 1 nitrogen and oxygen atoms in total. The van der Waals surface area contributed by atoms with Crippen LogP contribution >= 0.6 is 0 Å². The van der Waals surface area contributed by atoms with Gasteiger partial charge < -0.3 is 5.32 Å². The molecule has 0 heterocycles. The van der Waals surface area contributed by atoms with Gasteiger partial charge in [-0.3, -0.25) is 0 Å². The van der Waals surface area contributed by atoms with Crippen LogP contribution in [0, 0.1) is 11.3 Å². The Morgan fingerprint density at radius 3 is 2.07 bits per heavy atom. The number of rotatable bonds is 6. The molecule has 0 aliphatic rings. The molecule has 0 saturated carbocycles. The molecule has 0 aliphatic heterocycles. The number of hydrogen-bond acceptors (Lipinski definition) is 1. The van der Waals surface area contributed by atoms with Crippen LogP contribution in [0.1, 0.15) is 60.8 Å². The summed E-state index contributed by atoms with van der Waals surface area (Å²) in [6.07, 6.45) is 3.91. The van der Waals surface area contributed by atoms with E-state index in [-0.39, 0.29) is 0 Å². The van der Waals surface area contributed by atoms with E-state index < -0.39 is 0 Å². The Morgan fingerprint density at radius 2 is 1.71 bits per heavy atom. The molecule has 0 aromatic heterocycles. The average Bonchev–Trinajstić information content (AvgIpc) is 2.03. The van der Waals surface area contributed by atoms with Crippen molar-refractivity contribution in [2.45, 2.75) is 66.8 Å². The van der Waals surface area contributed by atoms with E-state index >= 15 is 0 Å². The third-order valence-electron chi connectivity index (χ3n) is 3.25. The maximum Gasteiger partial charge on any atom is 0.00695 e. The molecule has 86 valence electrons. The normalized spacial score (nSPS) is 16.7. The second-order valence-corrected chi connectivity index (χ2v) is 5.55. The lowest BCUT2D eigenvalue weighted by Crippen LogP contribution is -2.33. The molecule has 1 heteroatoms. The third kappa shape index (κ3) is 5.64. The minimum Gasteiger partial charge on any atom is -0.314 e. The fraction of sp³-hybridized carbons (Fsp3) is 1.00. The van der Waals surface area contributed by atoms with E-state index in [4.69, 9.17) is 0 Å². The van der Waals surface area contributed by atoms with Crippen LogP contribution in [0.5, 0.6) is 0 Å². The fourth-order valence-electron chi connectivity index (χ4n) is 1.72. The van der Waals surface area contributed by atoms with Crippen LogP contribution in [-0.2, 0) is 0 Å². The Hall–Kier alpha value is -0.0400. The summed E-state index contributed by atoms with van der Waals surface area (Å²) in [6.45, 7) is 15.0. The molecule has 2 unspecified atom stereocenters. The van der Waals surface area contributed by atoms with Gasteiger partial charge in [0.15, 0.2) is 0 Å². The van der Waals surface area contributed by atoms with E-state index in [1.165, 1.54) is 19.3 Å². The SMILES string of the molecule is CCCC(CC(C)C(C)(C)C)NCC. The van der Waals surface area contributed by atoms with Crippen molar-refractivity contribution in [3.05, 3.63) is 0 Å². The monoisotopic (exact) mass is 199 g/mol. The van der Waals surface area contributed by atoms with Gasteiger partial charge in [0.2, 0.25) is 0 Å². The molecule has 0 aromatic rings. The first-order chi connectivity index (χ1) is 6.41. The molecule has 14 heavy (non-hydrogen) atoms. The summed E-state index contributed by atoms with van der Waals surface area (Å²) in [5, 5.41) is 3.59. The molecule has 0 aromatic carbocycles. The fourth-order valence-corrected chi connectivity index (χ4v) is 1.72. The Morgan fingerprint density at radius 1 is 1.14 bits per heavy atom. The lowest BCUT2D eigenvalue weighted by molar-refractivity contribution is 0.219. The van der Waals surface area contributed by atoms with Gasteiger partial charge >= 0.3 is 0 Å². The summed E-state index contributed by atoms with van der Waals surface area (Å²) in [4.78, 5) is 0. The van der Waals surface area contributed by atoms with Gasteiger partial charge in [-0.25, -0.2) is 0 Å². The van der Waals surface area contributed by atoms with Gasteiger partial charge in [-0.15, -0.1) is 0 Å². The Labute approximate surface area is 90.7 Å². The van der Waals surface area contributed by atoms with Gasteiger partial charge in [-0.05, 0) is 30.7 Å². The maximum atomic E-state index is 3.59. The van der Waals surface area contributed by atoms with Crippen molar-refractivity contribution in [2.75, 3.05) is 6.54 Å². The molecule has 0 rings (SSSR count). The van der Waals surface area contributed by atoms with Crippen LogP contribution in [0.3, 0.4) is 0 Å². The molecule has 0 amide bonds. The Bertz CT molecular complexity index is 129. The smallest absolute Gasteiger partial charge is 0.00695 e. The van der Waals surface area contributed by atoms with Gasteiger partial charge in [0.1, 0.15) is 0 Å². The Balaban J connectivity index is 4.01. The predicted molar refractivity (Wildman–Crippen MR) is 65.6 cm³/mol. The van der Waals surface area contributed by atoms with Gasteiger partial charge in [-0.1, -0.05) is 48.0 Å². The molecule has 1 N–H and O–H groups in total. The van der Waals surface area contributed by atoms with Crippen molar-refractivity contribution < 1.29 is 0 Å². The van der Waals surface area contributed by atoms with Crippen molar-refractivity contribution in [3.8, 4) is 0 Å². The standard InChI is InChI=1S/C13H29N/c1-7-9-12(14-8-2)10-11(3)13(4,5)6/h11-12,14H,7-10H2,1-6H3. The first-order valence-corrected chi connectivity index (χ1v) is 6.15. The average molecular weight is 199 g/mol. The van der Waals surface area contributed by atoms with Crippen molar-refractivity contribution in [1.82, 2.24) is 5.32 Å². The highest BCUT2D eigenvalue weighted by Crippen LogP contribution is 2.29. The van der Waals surface area contributed by atoms with Crippen LogP contribution in [0.4, 0.5) is 0 Å². The Kier molecular flexibility index (Phi) is 6.43. The van der Waals surface area contributed by atoms with Gasteiger partial charge in [0.25, 0.3) is 0 Å². The summed E-state index contributed by atoms with van der Waals surface area (Å²) in [6, 6.07) is 0.722. The van der Waals surface area contributed by atoms with Crippen molar-refractivity contribution in [3.63, 3.8) is 0 Å². The first-order valence-electron chi connectivity index (χ1n) is 6.15. The highest BCUT2D eigenvalue weighted by molar-refractivity contribution is 4.76. The van der Waals surface area contributed by atoms with E-state index in [1.807, 2.05) is 0 Å². The minimum absolute atomic E-state index is 0.446. The molecule has 0 bridgehead atoms. The zero-order valence-corrected chi connectivity index (χ0v) is 11.0. The number of hydrogen-bond donors (Lipinski definition) is 1. The summed E-state index contributed by atoms with van der Waals surface area (Å²) in [5.41, 5.74) is 0.446. The van der Waals surface area contributed by atoms with E-state index in [9.17, 15) is 0 Å². The van der Waals surface area contributed by atoms with Crippen molar-refractivity contribution in [2.24, 2.45) is 11.3 Å². The molecule has 0 radical (unpaired) electrons. The summed E-state index contributed by atoms with van der Waals surface area (Å²) in [5.74, 6) is 0.790. The van der Waals surface area contributed by atoms with Crippen LogP contribution in [0.25, 0.3) is 0 Å². The van der Waals surface area contributed by atoms with E-state index in [2.05, 4.69) is 46.9 Å². The topological polar surface area (TPSA) is 12.0 Å². The lowest BCUT2D eigenvalue weighted by atomic mass is 9.78. The lowest BCUT2D eigenvalue weighted by Gasteiger charge is -2.31. The highest BCUT2D eigenvalue weighted by atomic mass is 14.9. The van der Waals surface area contributed by atoms with E-state index in [1.54, 1.807) is 0 Å². The first kappa shape index (κ1) is 14.0. The van der Waals surface area contributed by atoms with Gasteiger partial charge in [0, 0.05) is 6.04 Å². The summed E-state index contributed by atoms with van der Waals surface area (Å²) >= 11 is 0. The minimum atomic E-state index is 0.446. The molecular formula is C13H29N. The highest BCUT2D eigenvalue weighted by Gasteiger charge is 2.22. The molecule has 0 spiro atoms. The third-order valence-corrected chi connectivity index (χ3v) is 3.25. The van der Waals surface area contributed by atoms with E-state index in [0.29, 0.717) is 5.41 Å². The van der Waals surface area contributed by atoms with Crippen LogP contribution in [0.2, 0.25) is 0 Å². The molecular weight excluding hydrogens is 170 g/mol. The largest absolute Gasteiger partial charge is 0.314 e. The molecule has 0 aliphatic carbocycles. The van der Waals surface area contributed by atoms with Crippen LogP contribution in [-0.4, -0.2) is 12.6 Å². The van der Waals surface area contributed by atoms with Gasteiger partial charge in [0.05, 0.1) is 0 Å². The van der Waals surface area contributed by atoms with Crippen LogP contribution in [0.15, 0.2) is 0 Å². The maximum absolute atomic E-state index is 3.59. The van der Waals surface area contributed by atoms with Crippen molar-refractivity contribution in [1.29, 1.82) is 0 Å². The zero-order valence-electron chi connectivity index (χ0n) is 11.0. The number of nitrogens with one attached hydrogen (secondary N) is 1. The second kappa shape index (κ2) is 6.44. The van der Waals surface area contributed by atoms with Gasteiger partial charge in [-0.2, -0.15) is 0 Å². The zero-order chi connectivity index (χ0) is 11.2. The van der Waals surface area contributed by atoms with E-state index in [0.717, 1.165) is 18.5 Å². The second-order valence-electron chi connectivity index (χ2n) is 5.55. The van der Waals surface area contributed by atoms with Crippen LogP contribution < -0.4 is 5.32 Å². The molecule has 0 saturated heterocycles. The molecule has 0 fully saturated rings. The summed E-state index contributed by atoms with van der Waals surface area (Å²) < 4.78 is 0. The summed E-state index contributed by atoms with van der Waals surface area (Å²) in [7, 11) is 0.